The molecule has 0 saturated heterocycles. The minimum absolute atomic E-state index is 0.0171. The van der Waals surface area contributed by atoms with Crippen molar-refractivity contribution in [2.24, 2.45) is 0 Å². The highest BCUT2D eigenvalue weighted by Crippen LogP contribution is 2.43. The van der Waals surface area contributed by atoms with E-state index in [1.807, 2.05) is 0 Å². The van der Waals surface area contributed by atoms with Gasteiger partial charge in [0.1, 0.15) is 0 Å². The maximum Gasteiger partial charge on any atom is 0.416 e. The summed E-state index contributed by atoms with van der Waals surface area (Å²) in [6, 6.07) is 9.25. The van der Waals surface area contributed by atoms with Crippen LogP contribution in [0.15, 0.2) is 52.3 Å². The van der Waals surface area contributed by atoms with Gasteiger partial charge in [0, 0.05) is 11.1 Å². The SMILES string of the molecule is CC1=C(c2ccc(C(F)(F)F)cc2)c2ccc(CCCOS(C)(=O)=O)cc2S1(=O)=O. The van der Waals surface area contributed by atoms with E-state index in [1.54, 1.807) is 12.1 Å². The van der Waals surface area contributed by atoms with E-state index in [1.165, 1.54) is 25.1 Å². The van der Waals surface area contributed by atoms with Crippen LogP contribution in [0, 0.1) is 0 Å². The lowest BCUT2D eigenvalue weighted by Crippen LogP contribution is -2.05. The lowest BCUT2D eigenvalue weighted by Gasteiger charge is -2.10. The van der Waals surface area contributed by atoms with E-state index in [9.17, 15) is 30.0 Å². The Morgan fingerprint density at radius 1 is 1.03 bits per heavy atom. The molecule has 1 aliphatic rings. The third-order valence-corrected chi connectivity index (χ3v) is 7.29. The second-order valence-corrected chi connectivity index (χ2v) is 10.7. The van der Waals surface area contributed by atoms with Crippen LogP contribution in [-0.4, -0.2) is 29.7 Å². The predicted octanol–water partition coefficient (Wildman–Crippen LogP) is 4.18. The largest absolute Gasteiger partial charge is 0.416 e. The van der Waals surface area contributed by atoms with E-state index < -0.39 is 31.7 Å². The highest BCUT2D eigenvalue weighted by molar-refractivity contribution is 7.95. The van der Waals surface area contributed by atoms with Crippen molar-refractivity contribution in [1.82, 2.24) is 0 Å². The van der Waals surface area contributed by atoms with Crippen LogP contribution >= 0.6 is 0 Å². The van der Waals surface area contributed by atoms with E-state index in [4.69, 9.17) is 0 Å². The molecule has 0 unspecified atom stereocenters. The second-order valence-electron chi connectivity index (χ2n) is 6.97. The van der Waals surface area contributed by atoms with Gasteiger partial charge in [-0.1, -0.05) is 24.3 Å². The van der Waals surface area contributed by atoms with Crippen LogP contribution in [-0.2, 0) is 36.7 Å². The average molecular weight is 460 g/mol. The molecule has 0 aromatic heterocycles. The molecule has 0 radical (unpaired) electrons. The van der Waals surface area contributed by atoms with Gasteiger partial charge in [-0.2, -0.15) is 21.6 Å². The Labute approximate surface area is 173 Å². The van der Waals surface area contributed by atoms with Gasteiger partial charge < -0.3 is 0 Å². The van der Waals surface area contributed by atoms with Crippen LogP contribution < -0.4 is 0 Å². The molecule has 5 nitrogen and oxygen atoms in total. The Bertz CT molecular complexity index is 1210. The normalized spacial score (nSPS) is 16.0. The lowest BCUT2D eigenvalue weighted by atomic mass is 9.95. The fourth-order valence-electron chi connectivity index (χ4n) is 3.31. The molecule has 2 aromatic rings. The highest BCUT2D eigenvalue weighted by Gasteiger charge is 2.34. The van der Waals surface area contributed by atoms with E-state index in [-0.39, 0.29) is 16.4 Å². The molecule has 3 rings (SSSR count). The van der Waals surface area contributed by atoms with Crippen molar-refractivity contribution in [3.8, 4) is 0 Å². The number of hydrogen-bond donors (Lipinski definition) is 0. The van der Waals surface area contributed by atoms with Crippen LogP contribution in [0.5, 0.6) is 0 Å². The summed E-state index contributed by atoms with van der Waals surface area (Å²) in [6.45, 7) is 1.42. The molecule has 0 bridgehead atoms. The van der Waals surface area contributed by atoms with E-state index in [0.717, 1.165) is 18.4 Å². The first kappa shape index (κ1) is 22.5. The molecule has 30 heavy (non-hydrogen) atoms. The van der Waals surface area contributed by atoms with Gasteiger partial charge in [0.25, 0.3) is 10.1 Å². The summed E-state index contributed by atoms with van der Waals surface area (Å²) in [5, 5.41) is 0. The molecular formula is C20H19F3O5S2. The van der Waals surface area contributed by atoms with Gasteiger partial charge >= 0.3 is 6.18 Å². The number of benzene rings is 2. The topological polar surface area (TPSA) is 77.5 Å². The number of hydrogen-bond acceptors (Lipinski definition) is 5. The monoisotopic (exact) mass is 460 g/mol. The Balaban J connectivity index is 1.90. The second kappa shape index (κ2) is 7.82. The summed E-state index contributed by atoms with van der Waals surface area (Å²) in [6.07, 6.45) is -2.74. The quantitative estimate of drug-likeness (QED) is 0.477. The van der Waals surface area contributed by atoms with E-state index >= 15 is 0 Å². The fourth-order valence-corrected chi connectivity index (χ4v) is 5.32. The number of alkyl halides is 3. The zero-order valence-electron chi connectivity index (χ0n) is 16.2. The Kier molecular flexibility index (Phi) is 5.87. The Hall–Kier alpha value is -2.17. The van der Waals surface area contributed by atoms with E-state index in [0.29, 0.717) is 35.1 Å². The third kappa shape index (κ3) is 4.60. The molecule has 0 N–H and O–H groups in total. The molecule has 2 aromatic carbocycles. The number of aryl methyl sites for hydroxylation is 1. The average Bonchev–Trinajstić information content (AvgIpc) is 2.84. The molecule has 0 saturated carbocycles. The molecule has 10 heteroatoms. The van der Waals surface area contributed by atoms with Gasteiger partial charge in [0.15, 0.2) is 0 Å². The zero-order valence-corrected chi connectivity index (χ0v) is 17.8. The number of halogens is 3. The number of rotatable bonds is 6. The van der Waals surface area contributed by atoms with Crippen LogP contribution in [0.2, 0.25) is 0 Å². The molecule has 0 aliphatic carbocycles. The first-order valence-electron chi connectivity index (χ1n) is 8.92. The van der Waals surface area contributed by atoms with E-state index in [2.05, 4.69) is 4.18 Å². The van der Waals surface area contributed by atoms with Gasteiger partial charge in [0.05, 0.1) is 28.2 Å². The zero-order chi connectivity index (χ0) is 22.3. The van der Waals surface area contributed by atoms with Gasteiger partial charge in [-0.15, -0.1) is 0 Å². The molecule has 0 spiro atoms. The van der Waals surface area contributed by atoms with Gasteiger partial charge in [-0.3, -0.25) is 4.18 Å². The van der Waals surface area contributed by atoms with Crippen molar-refractivity contribution < 1.29 is 34.2 Å². The molecular weight excluding hydrogens is 441 g/mol. The molecule has 1 heterocycles. The van der Waals surface area contributed by atoms with Gasteiger partial charge in [-0.05, 0) is 49.1 Å². The standard InChI is InChI=1S/C20H19F3O5S2/c1-13-19(15-6-8-16(9-7-15)20(21,22)23)17-10-5-14(12-18(17)30(13,26)27)4-3-11-28-29(2,24)25/h5-10,12H,3-4,11H2,1-2H3. The summed E-state index contributed by atoms with van der Waals surface area (Å²) in [7, 11) is -7.30. The fraction of sp³-hybridized carbons (Fsp3) is 0.300. The Morgan fingerprint density at radius 3 is 2.23 bits per heavy atom. The summed E-state index contributed by atoms with van der Waals surface area (Å²) in [4.78, 5) is 0.172. The van der Waals surface area contributed by atoms with Crippen molar-refractivity contribution >= 4 is 25.5 Å². The van der Waals surface area contributed by atoms with Crippen molar-refractivity contribution in [2.75, 3.05) is 12.9 Å². The molecule has 1 aliphatic heterocycles. The van der Waals surface area contributed by atoms with Crippen LogP contribution in [0.3, 0.4) is 0 Å². The van der Waals surface area contributed by atoms with Crippen LogP contribution in [0.4, 0.5) is 13.2 Å². The molecule has 0 amide bonds. The lowest BCUT2D eigenvalue weighted by molar-refractivity contribution is -0.137. The Morgan fingerprint density at radius 2 is 1.67 bits per heavy atom. The van der Waals surface area contributed by atoms with Crippen molar-refractivity contribution in [2.45, 2.75) is 30.8 Å². The number of allylic oxidation sites excluding steroid dienone is 1. The number of fused-ring (bicyclic) bond motifs is 1. The molecule has 0 atom stereocenters. The summed E-state index contributed by atoms with van der Waals surface area (Å²) < 4.78 is 90.9. The van der Waals surface area contributed by atoms with Crippen molar-refractivity contribution in [3.63, 3.8) is 0 Å². The maximum absolute atomic E-state index is 12.9. The molecule has 162 valence electrons. The van der Waals surface area contributed by atoms with Crippen molar-refractivity contribution in [1.29, 1.82) is 0 Å². The summed E-state index contributed by atoms with van der Waals surface area (Å²) in [5.41, 5.74) is 1.08. The predicted molar refractivity (Wildman–Crippen MR) is 106 cm³/mol. The van der Waals surface area contributed by atoms with Crippen LogP contribution in [0.1, 0.15) is 35.6 Å². The van der Waals surface area contributed by atoms with Gasteiger partial charge in [0.2, 0.25) is 9.84 Å². The summed E-state index contributed by atoms with van der Waals surface area (Å²) >= 11 is 0. The smallest absolute Gasteiger partial charge is 0.270 e. The van der Waals surface area contributed by atoms with Gasteiger partial charge in [-0.25, -0.2) is 8.42 Å². The first-order valence-corrected chi connectivity index (χ1v) is 12.2. The first-order chi connectivity index (χ1) is 13.8. The molecule has 0 fully saturated rings. The maximum atomic E-state index is 12.9. The minimum atomic E-state index is -4.47. The highest BCUT2D eigenvalue weighted by atomic mass is 32.2. The van der Waals surface area contributed by atoms with Crippen LogP contribution in [0.25, 0.3) is 5.57 Å². The number of sulfone groups is 1. The third-order valence-electron chi connectivity index (χ3n) is 4.77. The minimum Gasteiger partial charge on any atom is -0.270 e. The summed E-state index contributed by atoms with van der Waals surface area (Å²) in [5.74, 6) is 0. The van der Waals surface area contributed by atoms with Crippen molar-refractivity contribution in [3.05, 3.63) is 69.6 Å².